The van der Waals surface area contributed by atoms with Crippen molar-refractivity contribution in [2.75, 3.05) is 0 Å². The molecule has 0 bridgehead atoms. The van der Waals surface area contributed by atoms with Crippen molar-refractivity contribution in [3.63, 3.8) is 0 Å². The summed E-state index contributed by atoms with van der Waals surface area (Å²) in [6, 6.07) is 0. The molecule has 2 N–H and O–H groups in total. The topological polar surface area (TPSA) is 40.5 Å². The van der Waals surface area contributed by atoms with Crippen LogP contribution in [0.3, 0.4) is 0 Å². The fourth-order valence-electron chi connectivity index (χ4n) is 6.67. The van der Waals surface area contributed by atoms with Gasteiger partial charge in [0.15, 0.2) is 0 Å². The molecule has 0 aromatic carbocycles. The minimum atomic E-state index is -0.535. The van der Waals surface area contributed by atoms with E-state index >= 15 is 0 Å². The number of aliphatic hydroxyl groups is 2. The summed E-state index contributed by atoms with van der Waals surface area (Å²) in [6.07, 6.45) is 16.9. The molecule has 2 nitrogen and oxygen atoms in total. The van der Waals surface area contributed by atoms with Crippen LogP contribution in [0.4, 0.5) is 0 Å². The molecule has 0 saturated heterocycles. The highest BCUT2D eigenvalue weighted by Crippen LogP contribution is 2.60. The van der Waals surface area contributed by atoms with Crippen LogP contribution in [-0.2, 0) is 0 Å². The Bertz CT molecular complexity index is 650. The zero-order chi connectivity index (χ0) is 21.2. The third-order valence-electron chi connectivity index (χ3n) is 8.36. The first-order chi connectivity index (χ1) is 13.6. The van der Waals surface area contributed by atoms with Crippen molar-refractivity contribution in [3.05, 3.63) is 35.5 Å². The van der Waals surface area contributed by atoms with Gasteiger partial charge in [0, 0.05) is 0 Å². The summed E-state index contributed by atoms with van der Waals surface area (Å²) in [4.78, 5) is 0. The van der Waals surface area contributed by atoms with Crippen molar-refractivity contribution < 1.29 is 10.2 Å². The van der Waals surface area contributed by atoms with Crippen LogP contribution in [0.2, 0.25) is 0 Å². The average molecular weight is 401 g/mol. The van der Waals surface area contributed by atoms with E-state index in [-0.39, 0.29) is 6.10 Å². The van der Waals surface area contributed by atoms with Crippen LogP contribution >= 0.6 is 0 Å². The highest BCUT2D eigenvalue weighted by molar-refractivity contribution is 5.36. The van der Waals surface area contributed by atoms with E-state index < -0.39 is 5.60 Å². The fourth-order valence-corrected chi connectivity index (χ4v) is 6.67. The third kappa shape index (κ3) is 5.44. The maximum atomic E-state index is 10.0. The maximum absolute atomic E-state index is 10.0. The molecule has 0 radical (unpaired) electrons. The zero-order valence-electron chi connectivity index (χ0n) is 19.3. The molecular weight excluding hydrogens is 356 g/mol. The first kappa shape index (κ1) is 22.8. The van der Waals surface area contributed by atoms with Crippen LogP contribution in [0, 0.1) is 23.2 Å². The molecule has 0 amide bonds. The standard InChI is InChI=1S/C27H44O2/c1-19-10-13-23(28)18-22(19)12-11-21-9-7-17-27(5)24(14-15-25(21)27)20(2)8-6-16-26(3,4)29/h11-12,20,23-25,28-29H,1,6-10,13-18H2,2-5H3/b21-11+,22-12-/t20?,23-,24+,25?,27+/m0/s1. The first-order valence-electron chi connectivity index (χ1n) is 12.1. The van der Waals surface area contributed by atoms with E-state index in [9.17, 15) is 10.2 Å². The third-order valence-corrected chi connectivity index (χ3v) is 8.36. The second-order valence-electron chi connectivity index (χ2n) is 11.2. The number of fused-ring (bicyclic) bond motifs is 1. The number of aliphatic hydroxyl groups excluding tert-OH is 1. The van der Waals surface area contributed by atoms with E-state index in [1.54, 1.807) is 5.57 Å². The number of rotatable bonds is 6. The molecule has 0 aromatic rings. The summed E-state index contributed by atoms with van der Waals surface area (Å²) >= 11 is 0. The Morgan fingerprint density at radius 1 is 1.21 bits per heavy atom. The highest BCUT2D eigenvalue weighted by Gasteiger charge is 2.50. The molecule has 3 aliphatic rings. The maximum Gasteiger partial charge on any atom is 0.0591 e. The SMILES string of the molecule is C=C1CC[C@H](O)C/C1=C/C=C1\CCC[C@@]2(C)C1CC[C@@H]2C(C)CCCC(C)(C)O. The van der Waals surface area contributed by atoms with E-state index in [2.05, 4.69) is 32.6 Å². The molecule has 5 atom stereocenters. The molecule has 2 unspecified atom stereocenters. The summed E-state index contributed by atoms with van der Waals surface area (Å²) in [5, 5.41) is 20.1. The van der Waals surface area contributed by atoms with Crippen molar-refractivity contribution >= 4 is 0 Å². The lowest BCUT2D eigenvalue weighted by Crippen LogP contribution is -2.36. The predicted octanol–water partition coefficient (Wildman–Crippen LogP) is 6.73. The van der Waals surface area contributed by atoms with Gasteiger partial charge in [0.05, 0.1) is 11.7 Å². The number of allylic oxidation sites excluding steroid dienone is 4. The van der Waals surface area contributed by atoms with Crippen LogP contribution in [0.5, 0.6) is 0 Å². The quantitative estimate of drug-likeness (QED) is 0.518. The van der Waals surface area contributed by atoms with E-state index in [1.165, 1.54) is 49.7 Å². The molecular formula is C27H44O2. The minimum Gasteiger partial charge on any atom is -0.393 e. The molecule has 3 fully saturated rings. The summed E-state index contributed by atoms with van der Waals surface area (Å²) in [7, 11) is 0. The van der Waals surface area contributed by atoms with Crippen molar-refractivity contribution in [2.24, 2.45) is 23.2 Å². The molecule has 3 aliphatic carbocycles. The second-order valence-corrected chi connectivity index (χ2v) is 11.2. The molecule has 0 heterocycles. The second kappa shape index (κ2) is 9.10. The Morgan fingerprint density at radius 2 is 1.97 bits per heavy atom. The largest absolute Gasteiger partial charge is 0.393 e. The summed E-state index contributed by atoms with van der Waals surface area (Å²) in [6.45, 7) is 13.1. The summed E-state index contributed by atoms with van der Waals surface area (Å²) < 4.78 is 0. The van der Waals surface area contributed by atoms with Gasteiger partial charge < -0.3 is 10.2 Å². The van der Waals surface area contributed by atoms with Crippen LogP contribution < -0.4 is 0 Å². The Balaban J connectivity index is 1.68. The Labute approximate surface area is 179 Å². The van der Waals surface area contributed by atoms with E-state index in [0.29, 0.717) is 5.41 Å². The van der Waals surface area contributed by atoms with E-state index in [1.807, 2.05) is 13.8 Å². The molecule has 0 aliphatic heterocycles. The van der Waals surface area contributed by atoms with Crippen LogP contribution in [0.1, 0.15) is 98.3 Å². The normalized spacial score (nSPS) is 37.2. The smallest absolute Gasteiger partial charge is 0.0591 e. The number of hydrogen-bond acceptors (Lipinski definition) is 2. The lowest BCUT2D eigenvalue weighted by atomic mass is 9.60. The zero-order valence-corrected chi connectivity index (χ0v) is 19.3. The van der Waals surface area contributed by atoms with Gasteiger partial charge in [0.25, 0.3) is 0 Å². The van der Waals surface area contributed by atoms with Crippen LogP contribution in [0.15, 0.2) is 35.5 Å². The lowest BCUT2D eigenvalue weighted by Gasteiger charge is -2.44. The highest BCUT2D eigenvalue weighted by atomic mass is 16.3. The van der Waals surface area contributed by atoms with Gasteiger partial charge in [0.1, 0.15) is 0 Å². The van der Waals surface area contributed by atoms with Crippen molar-refractivity contribution in [2.45, 2.75) is 110 Å². The predicted molar refractivity (Wildman–Crippen MR) is 123 cm³/mol. The van der Waals surface area contributed by atoms with Gasteiger partial charge in [0.2, 0.25) is 0 Å². The van der Waals surface area contributed by atoms with Crippen molar-refractivity contribution in [3.8, 4) is 0 Å². The minimum absolute atomic E-state index is 0.192. The van der Waals surface area contributed by atoms with E-state index in [0.717, 1.165) is 49.9 Å². The summed E-state index contributed by atoms with van der Waals surface area (Å²) in [5.41, 5.74) is 4.02. The van der Waals surface area contributed by atoms with E-state index in [4.69, 9.17) is 0 Å². The fraction of sp³-hybridized carbons (Fsp3) is 0.778. The summed E-state index contributed by atoms with van der Waals surface area (Å²) in [5.74, 6) is 2.26. The van der Waals surface area contributed by atoms with Gasteiger partial charge >= 0.3 is 0 Å². The van der Waals surface area contributed by atoms with Gasteiger partial charge in [-0.15, -0.1) is 0 Å². The van der Waals surface area contributed by atoms with Gasteiger partial charge in [-0.05, 0) is 100 Å². The van der Waals surface area contributed by atoms with Gasteiger partial charge in [-0.2, -0.15) is 0 Å². The van der Waals surface area contributed by atoms with Gasteiger partial charge in [-0.25, -0.2) is 0 Å². The van der Waals surface area contributed by atoms with Gasteiger partial charge in [-0.3, -0.25) is 0 Å². The molecule has 2 heteroatoms. The monoisotopic (exact) mass is 400 g/mol. The van der Waals surface area contributed by atoms with Crippen LogP contribution in [0.25, 0.3) is 0 Å². The Kier molecular flexibility index (Phi) is 7.16. The van der Waals surface area contributed by atoms with Crippen LogP contribution in [-0.4, -0.2) is 21.9 Å². The molecule has 0 aromatic heterocycles. The Morgan fingerprint density at radius 3 is 2.69 bits per heavy atom. The number of hydrogen-bond donors (Lipinski definition) is 2. The molecule has 0 spiro atoms. The van der Waals surface area contributed by atoms with Crippen molar-refractivity contribution in [1.82, 2.24) is 0 Å². The molecule has 29 heavy (non-hydrogen) atoms. The van der Waals surface area contributed by atoms with Crippen molar-refractivity contribution in [1.29, 1.82) is 0 Å². The van der Waals surface area contributed by atoms with Gasteiger partial charge in [-0.1, -0.05) is 56.6 Å². The molecule has 164 valence electrons. The lowest BCUT2D eigenvalue weighted by molar-refractivity contribution is 0.0596. The Hall–Kier alpha value is -0.860. The average Bonchev–Trinajstić information content (AvgIpc) is 2.99. The first-order valence-corrected chi connectivity index (χ1v) is 12.1. The molecule has 3 rings (SSSR count). The molecule has 3 saturated carbocycles.